The van der Waals surface area contributed by atoms with Crippen LogP contribution >= 0.6 is 11.6 Å². The molecule has 1 N–H and O–H groups in total. The molecule has 1 aliphatic heterocycles. The molecule has 0 atom stereocenters. The highest BCUT2D eigenvalue weighted by Gasteiger charge is 2.15. The first kappa shape index (κ1) is 19.3. The standard InChI is InChI=1S/C22H20ClFN4O/c23-18-14-15(5-11-19(18)24)6-12-21(29)25-17-9-7-16(8-10-17)22-27-26-20-4-2-1-3-13-28(20)22/h5-12,14H,1-4,13H2,(H,25,29)/b12-6+. The molecule has 4 rings (SSSR count). The van der Waals surface area contributed by atoms with E-state index in [0.717, 1.165) is 43.0 Å². The Labute approximate surface area is 173 Å². The van der Waals surface area contributed by atoms with Gasteiger partial charge < -0.3 is 9.88 Å². The predicted molar refractivity (Wildman–Crippen MR) is 112 cm³/mol. The maximum Gasteiger partial charge on any atom is 0.248 e. The average molecular weight is 411 g/mol. The highest BCUT2D eigenvalue weighted by Crippen LogP contribution is 2.24. The quantitative estimate of drug-likeness (QED) is 0.607. The number of aromatic nitrogens is 3. The highest BCUT2D eigenvalue weighted by molar-refractivity contribution is 6.30. The van der Waals surface area contributed by atoms with Gasteiger partial charge in [-0.15, -0.1) is 10.2 Å². The molecule has 0 saturated heterocycles. The summed E-state index contributed by atoms with van der Waals surface area (Å²) in [6.07, 6.45) is 7.44. The molecule has 0 radical (unpaired) electrons. The maximum atomic E-state index is 13.2. The number of amides is 1. The summed E-state index contributed by atoms with van der Waals surface area (Å²) in [7, 11) is 0. The smallest absolute Gasteiger partial charge is 0.248 e. The van der Waals surface area contributed by atoms with Gasteiger partial charge in [0, 0.05) is 30.3 Å². The number of carbonyl (C=O) groups is 1. The van der Waals surface area contributed by atoms with Crippen LogP contribution in [0.25, 0.3) is 17.5 Å². The summed E-state index contributed by atoms with van der Waals surface area (Å²) in [6.45, 7) is 0.939. The van der Waals surface area contributed by atoms with Crippen LogP contribution in [0.5, 0.6) is 0 Å². The lowest BCUT2D eigenvalue weighted by atomic mass is 10.2. The van der Waals surface area contributed by atoms with Crippen molar-refractivity contribution in [3.05, 3.63) is 70.8 Å². The van der Waals surface area contributed by atoms with E-state index in [1.165, 1.54) is 24.6 Å². The number of anilines is 1. The number of carbonyl (C=O) groups excluding carboxylic acids is 1. The first-order valence-electron chi connectivity index (χ1n) is 9.57. The molecule has 3 aromatic rings. The second kappa shape index (κ2) is 8.57. The van der Waals surface area contributed by atoms with Crippen molar-refractivity contribution in [2.75, 3.05) is 5.32 Å². The highest BCUT2D eigenvalue weighted by atomic mass is 35.5. The minimum Gasteiger partial charge on any atom is -0.323 e. The molecule has 2 heterocycles. The van der Waals surface area contributed by atoms with Crippen LogP contribution in [-0.4, -0.2) is 20.7 Å². The Morgan fingerprint density at radius 1 is 1.10 bits per heavy atom. The van der Waals surface area contributed by atoms with Crippen LogP contribution < -0.4 is 5.32 Å². The van der Waals surface area contributed by atoms with Gasteiger partial charge in [-0.1, -0.05) is 24.1 Å². The Bertz CT molecular complexity index is 1060. The van der Waals surface area contributed by atoms with E-state index >= 15 is 0 Å². The molecule has 0 bridgehead atoms. The third-order valence-electron chi connectivity index (χ3n) is 4.89. The number of aryl methyl sites for hydroxylation is 1. The monoisotopic (exact) mass is 410 g/mol. The molecular formula is C22H20ClFN4O. The van der Waals surface area contributed by atoms with E-state index in [9.17, 15) is 9.18 Å². The number of fused-ring (bicyclic) bond motifs is 1. The lowest BCUT2D eigenvalue weighted by molar-refractivity contribution is -0.111. The minimum atomic E-state index is -0.488. The fourth-order valence-corrected chi connectivity index (χ4v) is 3.56. The van der Waals surface area contributed by atoms with Crippen LogP contribution in [0.2, 0.25) is 5.02 Å². The van der Waals surface area contributed by atoms with E-state index < -0.39 is 5.82 Å². The molecule has 0 saturated carbocycles. The summed E-state index contributed by atoms with van der Waals surface area (Å²) in [5.74, 6) is 1.14. The van der Waals surface area contributed by atoms with Gasteiger partial charge in [-0.25, -0.2) is 4.39 Å². The SMILES string of the molecule is O=C(/C=C/c1ccc(F)c(Cl)c1)Nc1ccc(-c2nnc3n2CCCCC3)cc1. The van der Waals surface area contributed by atoms with E-state index in [1.807, 2.05) is 24.3 Å². The van der Waals surface area contributed by atoms with Crippen molar-refractivity contribution in [2.24, 2.45) is 0 Å². The van der Waals surface area contributed by atoms with Crippen molar-refractivity contribution in [1.29, 1.82) is 0 Å². The van der Waals surface area contributed by atoms with Crippen LogP contribution in [0.3, 0.4) is 0 Å². The lowest BCUT2D eigenvalue weighted by Crippen LogP contribution is -2.07. The molecule has 0 aliphatic carbocycles. The second-order valence-corrected chi connectivity index (χ2v) is 7.38. The van der Waals surface area contributed by atoms with Gasteiger partial charge in [0.25, 0.3) is 0 Å². The Balaban J connectivity index is 1.43. The molecule has 148 valence electrons. The molecule has 1 aliphatic rings. The third kappa shape index (κ3) is 4.54. The largest absolute Gasteiger partial charge is 0.323 e. The number of halogens is 2. The summed E-state index contributed by atoms with van der Waals surface area (Å²) in [4.78, 5) is 12.1. The Hall–Kier alpha value is -2.99. The third-order valence-corrected chi connectivity index (χ3v) is 5.18. The molecule has 7 heteroatoms. The van der Waals surface area contributed by atoms with Gasteiger partial charge in [0.15, 0.2) is 5.82 Å². The summed E-state index contributed by atoms with van der Waals surface area (Å²) in [6, 6.07) is 11.8. The molecule has 1 amide bonds. The number of hydrogen-bond donors (Lipinski definition) is 1. The number of benzene rings is 2. The zero-order valence-electron chi connectivity index (χ0n) is 15.7. The molecule has 0 unspecified atom stereocenters. The Morgan fingerprint density at radius 2 is 1.93 bits per heavy atom. The van der Waals surface area contributed by atoms with Crippen LogP contribution in [0.4, 0.5) is 10.1 Å². The maximum absolute atomic E-state index is 13.2. The van der Waals surface area contributed by atoms with Crippen molar-refractivity contribution in [1.82, 2.24) is 14.8 Å². The summed E-state index contributed by atoms with van der Waals surface area (Å²) < 4.78 is 15.4. The topological polar surface area (TPSA) is 59.8 Å². The molecule has 2 aromatic carbocycles. The van der Waals surface area contributed by atoms with Crippen LogP contribution in [0, 0.1) is 5.82 Å². The van der Waals surface area contributed by atoms with Crippen LogP contribution in [0.1, 0.15) is 30.7 Å². The fourth-order valence-electron chi connectivity index (χ4n) is 3.37. The molecule has 0 fully saturated rings. The van der Waals surface area contributed by atoms with Crippen molar-refractivity contribution in [3.63, 3.8) is 0 Å². The number of nitrogens with zero attached hydrogens (tertiary/aromatic N) is 3. The van der Waals surface area contributed by atoms with Gasteiger partial charge in [0.2, 0.25) is 5.91 Å². The minimum absolute atomic E-state index is 0.0227. The zero-order valence-corrected chi connectivity index (χ0v) is 16.5. The molecule has 29 heavy (non-hydrogen) atoms. The number of nitrogens with one attached hydrogen (secondary N) is 1. The molecular weight excluding hydrogens is 391 g/mol. The van der Waals surface area contributed by atoms with E-state index in [1.54, 1.807) is 12.1 Å². The van der Waals surface area contributed by atoms with Crippen LogP contribution in [-0.2, 0) is 17.8 Å². The molecule has 1 aromatic heterocycles. The van der Waals surface area contributed by atoms with Crippen molar-refractivity contribution in [3.8, 4) is 11.4 Å². The molecule has 5 nitrogen and oxygen atoms in total. The number of hydrogen-bond acceptors (Lipinski definition) is 3. The van der Waals surface area contributed by atoms with Gasteiger partial charge in [0.05, 0.1) is 5.02 Å². The second-order valence-electron chi connectivity index (χ2n) is 6.98. The summed E-state index contributed by atoms with van der Waals surface area (Å²) in [5.41, 5.74) is 2.30. The van der Waals surface area contributed by atoms with E-state index in [-0.39, 0.29) is 10.9 Å². The lowest BCUT2D eigenvalue weighted by Gasteiger charge is -2.08. The Kier molecular flexibility index (Phi) is 5.71. The van der Waals surface area contributed by atoms with E-state index in [4.69, 9.17) is 11.6 Å². The van der Waals surface area contributed by atoms with Gasteiger partial charge in [-0.2, -0.15) is 0 Å². The van der Waals surface area contributed by atoms with Gasteiger partial charge in [0.1, 0.15) is 11.6 Å². The molecule has 0 spiro atoms. The fraction of sp³-hybridized carbons (Fsp3) is 0.227. The van der Waals surface area contributed by atoms with Crippen LogP contribution in [0.15, 0.2) is 48.5 Å². The Morgan fingerprint density at radius 3 is 2.72 bits per heavy atom. The summed E-state index contributed by atoms with van der Waals surface area (Å²) >= 11 is 5.75. The van der Waals surface area contributed by atoms with Crippen molar-refractivity contribution < 1.29 is 9.18 Å². The zero-order chi connectivity index (χ0) is 20.2. The first-order valence-corrected chi connectivity index (χ1v) is 9.94. The summed E-state index contributed by atoms with van der Waals surface area (Å²) in [5, 5.41) is 11.5. The number of rotatable bonds is 4. The van der Waals surface area contributed by atoms with Gasteiger partial charge in [-0.3, -0.25) is 4.79 Å². The van der Waals surface area contributed by atoms with Gasteiger partial charge in [-0.05, 0) is 60.9 Å². The average Bonchev–Trinajstić information content (AvgIpc) is 2.97. The van der Waals surface area contributed by atoms with Crippen molar-refractivity contribution >= 4 is 29.3 Å². The van der Waals surface area contributed by atoms with E-state index in [2.05, 4.69) is 20.1 Å². The van der Waals surface area contributed by atoms with Gasteiger partial charge >= 0.3 is 0 Å². The normalized spacial score (nSPS) is 13.9. The predicted octanol–water partition coefficient (Wildman–Crippen LogP) is 5.12. The first-order chi connectivity index (χ1) is 14.1. The van der Waals surface area contributed by atoms with E-state index in [0.29, 0.717) is 11.3 Å². The van der Waals surface area contributed by atoms with Crippen molar-refractivity contribution in [2.45, 2.75) is 32.2 Å².